The van der Waals surface area contributed by atoms with Gasteiger partial charge in [0, 0.05) is 44.0 Å². The summed E-state index contributed by atoms with van der Waals surface area (Å²) in [6.45, 7) is 6.96. The van der Waals surface area contributed by atoms with Crippen LogP contribution in [0.1, 0.15) is 34.5 Å². The van der Waals surface area contributed by atoms with E-state index >= 15 is 0 Å². The van der Waals surface area contributed by atoms with Crippen molar-refractivity contribution in [2.75, 3.05) is 24.5 Å². The van der Waals surface area contributed by atoms with Gasteiger partial charge in [-0.15, -0.1) is 11.3 Å². The van der Waals surface area contributed by atoms with Gasteiger partial charge in [0.05, 0.1) is 11.3 Å². The van der Waals surface area contributed by atoms with Crippen LogP contribution in [0.15, 0.2) is 41.8 Å². The molecule has 3 aromatic rings. The highest BCUT2D eigenvalue weighted by atomic mass is 32.1. The lowest BCUT2D eigenvalue weighted by molar-refractivity contribution is 0.240. The van der Waals surface area contributed by atoms with Crippen molar-refractivity contribution in [1.29, 1.82) is 0 Å². The first-order valence-electron chi connectivity index (χ1n) is 10.4. The Morgan fingerprint density at radius 1 is 1.03 bits per heavy atom. The predicted octanol–water partition coefficient (Wildman–Crippen LogP) is 4.80. The molecule has 5 rings (SSSR count). The molecule has 1 saturated heterocycles. The van der Waals surface area contributed by atoms with E-state index in [1.165, 1.54) is 17.7 Å². The minimum absolute atomic E-state index is 0.724. The van der Waals surface area contributed by atoms with Crippen molar-refractivity contribution < 1.29 is 4.74 Å². The minimum atomic E-state index is 0.724. The molecule has 0 radical (unpaired) electrons. The summed E-state index contributed by atoms with van der Waals surface area (Å²) in [6, 6.07) is 12.5. The number of para-hydroxylation sites is 1. The Morgan fingerprint density at radius 3 is 2.69 bits per heavy atom. The Bertz CT molecular complexity index is 983. The van der Waals surface area contributed by atoms with Gasteiger partial charge in [-0.1, -0.05) is 24.3 Å². The molecule has 150 valence electrons. The van der Waals surface area contributed by atoms with Crippen molar-refractivity contribution in [2.24, 2.45) is 0 Å². The number of nitrogens with zero attached hydrogens (tertiary/aromatic N) is 4. The van der Waals surface area contributed by atoms with Crippen LogP contribution in [0.2, 0.25) is 0 Å². The van der Waals surface area contributed by atoms with Gasteiger partial charge in [-0.05, 0) is 42.8 Å². The van der Waals surface area contributed by atoms with Crippen LogP contribution >= 0.6 is 11.3 Å². The Hall–Kier alpha value is -2.44. The van der Waals surface area contributed by atoms with Gasteiger partial charge in [-0.3, -0.25) is 4.90 Å². The molecule has 0 atom stereocenters. The van der Waals surface area contributed by atoms with Crippen molar-refractivity contribution >= 4 is 17.3 Å². The van der Waals surface area contributed by atoms with Gasteiger partial charge in [0.2, 0.25) is 11.8 Å². The molecule has 2 aliphatic rings. The van der Waals surface area contributed by atoms with Gasteiger partial charge in [0.15, 0.2) is 0 Å². The zero-order valence-corrected chi connectivity index (χ0v) is 17.6. The van der Waals surface area contributed by atoms with E-state index < -0.39 is 0 Å². The summed E-state index contributed by atoms with van der Waals surface area (Å²) in [5, 5.41) is 2.14. The molecular weight excluding hydrogens is 380 g/mol. The standard InChI is InChI=1S/C23H26N4OS/c1-17-7-2-3-9-21(17)28-22-19-16-26(15-18-8-6-14-29-18)13-10-20(19)24-23(25-22)27-11-4-5-12-27/h2-3,6-9,14H,4-5,10-13,15-16H2,1H3. The second-order valence-electron chi connectivity index (χ2n) is 7.86. The summed E-state index contributed by atoms with van der Waals surface area (Å²) in [6.07, 6.45) is 3.36. The summed E-state index contributed by atoms with van der Waals surface area (Å²) >= 11 is 1.82. The molecule has 1 fully saturated rings. The maximum atomic E-state index is 6.39. The number of aryl methyl sites for hydroxylation is 1. The summed E-state index contributed by atoms with van der Waals surface area (Å²) in [5.41, 5.74) is 3.40. The van der Waals surface area contributed by atoms with Crippen molar-refractivity contribution in [3.05, 3.63) is 63.5 Å². The van der Waals surface area contributed by atoms with E-state index in [4.69, 9.17) is 14.7 Å². The maximum absolute atomic E-state index is 6.39. The molecule has 0 N–H and O–H groups in total. The normalized spacial score (nSPS) is 16.8. The average Bonchev–Trinajstić information content (AvgIpc) is 3.44. The van der Waals surface area contributed by atoms with E-state index in [9.17, 15) is 0 Å². The third-order valence-electron chi connectivity index (χ3n) is 5.74. The molecular formula is C23H26N4OS. The molecule has 0 spiro atoms. The van der Waals surface area contributed by atoms with Gasteiger partial charge >= 0.3 is 0 Å². The number of rotatable bonds is 5. The summed E-state index contributed by atoms with van der Waals surface area (Å²) < 4.78 is 6.39. The fraction of sp³-hybridized carbons (Fsp3) is 0.391. The lowest BCUT2D eigenvalue weighted by atomic mass is 10.1. The van der Waals surface area contributed by atoms with Crippen molar-refractivity contribution in [3.8, 4) is 11.6 Å². The van der Waals surface area contributed by atoms with Crippen LogP contribution in [0.4, 0.5) is 5.95 Å². The highest BCUT2D eigenvalue weighted by Gasteiger charge is 2.26. The van der Waals surface area contributed by atoms with Crippen molar-refractivity contribution in [3.63, 3.8) is 0 Å². The van der Waals surface area contributed by atoms with Gasteiger partial charge < -0.3 is 9.64 Å². The van der Waals surface area contributed by atoms with Gasteiger partial charge in [0.1, 0.15) is 5.75 Å². The van der Waals surface area contributed by atoms with Crippen LogP contribution in [-0.2, 0) is 19.5 Å². The van der Waals surface area contributed by atoms with Crippen LogP contribution in [0, 0.1) is 6.92 Å². The number of fused-ring (bicyclic) bond motifs is 1. The van der Waals surface area contributed by atoms with E-state index in [1.54, 1.807) is 0 Å². The number of hydrogen-bond donors (Lipinski definition) is 0. The molecule has 0 unspecified atom stereocenters. The zero-order chi connectivity index (χ0) is 19.6. The first-order chi connectivity index (χ1) is 14.3. The van der Waals surface area contributed by atoms with Gasteiger partial charge in [-0.2, -0.15) is 4.98 Å². The Kier molecular flexibility index (Phi) is 5.21. The van der Waals surface area contributed by atoms with E-state index in [0.29, 0.717) is 0 Å². The smallest absolute Gasteiger partial charge is 0.228 e. The van der Waals surface area contributed by atoms with Crippen molar-refractivity contribution in [2.45, 2.75) is 39.3 Å². The quantitative estimate of drug-likeness (QED) is 0.609. The molecule has 1 aromatic carbocycles. The first-order valence-corrected chi connectivity index (χ1v) is 11.3. The number of aromatic nitrogens is 2. The van der Waals surface area contributed by atoms with E-state index in [0.717, 1.165) is 73.5 Å². The maximum Gasteiger partial charge on any atom is 0.228 e. The van der Waals surface area contributed by atoms with Crippen molar-refractivity contribution in [1.82, 2.24) is 14.9 Å². The monoisotopic (exact) mass is 406 g/mol. The Morgan fingerprint density at radius 2 is 1.90 bits per heavy atom. The highest BCUT2D eigenvalue weighted by Crippen LogP contribution is 2.33. The number of thiophene rings is 1. The average molecular weight is 407 g/mol. The zero-order valence-electron chi connectivity index (χ0n) is 16.8. The van der Waals surface area contributed by atoms with Crippen LogP contribution < -0.4 is 9.64 Å². The third kappa shape index (κ3) is 4.00. The van der Waals surface area contributed by atoms with Crippen LogP contribution in [-0.4, -0.2) is 34.5 Å². The van der Waals surface area contributed by atoms with Crippen LogP contribution in [0.25, 0.3) is 0 Å². The molecule has 0 saturated carbocycles. The minimum Gasteiger partial charge on any atom is -0.438 e. The summed E-state index contributed by atoms with van der Waals surface area (Å²) in [5.74, 6) is 2.43. The van der Waals surface area contributed by atoms with Crippen LogP contribution in [0.3, 0.4) is 0 Å². The number of benzene rings is 1. The van der Waals surface area contributed by atoms with Gasteiger partial charge in [0.25, 0.3) is 0 Å². The molecule has 29 heavy (non-hydrogen) atoms. The lowest BCUT2D eigenvalue weighted by Gasteiger charge is -2.29. The fourth-order valence-corrected chi connectivity index (χ4v) is 4.85. The predicted molar refractivity (Wildman–Crippen MR) is 117 cm³/mol. The Balaban J connectivity index is 1.48. The van der Waals surface area contributed by atoms with Crippen LogP contribution in [0.5, 0.6) is 11.6 Å². The first kappa shape index (κ1) is 18.6. The molecule has 0 bridgehead atoms. The SMILES string of the molecule is Cc1ccccc1Oc1nc(N2CCCC2)nc2c1CN(Cc1cccs1)CC2. The van der Waals surface area contributed by atoms with E-state index in [2.05, 4.69) is 40.3 Å². The second kappa shape index (κ2) is 8.13. The molecule has 2 aromatic heterocycles. The molecule has 4 heterocycles. The molecule has 0 amide bonds. The number of hydrogen-bond acceptors (Lipinski definition) is 6. The number of ether oxygens (including phenoxy) is 1. The molecule has 5 nitrogen and oxygen atoms in total. The summed E-state index contributed by atoms with van der Waals surface area (Å²) in [4.78, 5) is 16.0. The summed E-state index contributed by atoms with van der Waals surface area (Å²) in [7, 11) is 0. The molecule has 6 heteroatoms. The molecule has 0 aliphatic carbocycles. The van der Waals surface area contributed by atoms with E-state index in [-0.39, 0.29) is 0 Å². The largest absolute Gasteiger partial charge is 0.438 e. The lowest BCUT2D eigenvalue weighted by Crippen LogP contribution is -2.32. The molecule has 2 aliphatic heterocycles. The number of anilines is 1. The topological polar surface area (TPSA) is 41.5 Å². The third-order valence-corrected chi connectivity index (χ3v) is 6.60. The second-order valence-corrected chi connectivity index (χ2v) is 8.89. The fourth-order valence-electron chi connectivity index (χ4n) is 4.10. The van der Waals surface area contributed by atoms with E-state index in [1.807, 2.05) is 29.5 Å². The van der Waals surface area contributed by atoms with Gasteiger partial charge in [-0.25, -0.2) is 4.98 Å². The highest BCUT2D eigenvalue weighted by molar-refractivity contribution is 7.09. The Labute approximate surface area is 176 Å².